The van der Waals surface area contributed by atoms with E-state index in [1.165, 1.54) is 11.9 Å². The molecule has 0 radical (unpaired) electrons. The van der Waals surface area contributed by atoms with E-state index in [1.54, 1.807) is 24.5 Å². The second kappa shape index (κ2) is 9.14. The van der Waals surface area contributed by atoms with E-state index in [0.717, 1.165) is 42.6 Å². The molecule has 0 bridgehead atoms. The molecule has 1 fully saturated rings. The fraction of sp³-hybridized carbons (Fsp3) is 0.304. The van der Waals surface area contributed by atoms with Gasteiger partial charge < -0.3 is 4.55 Å². The predicted molar refractivity (Wildman–Crippen MR) is 117 cm³/mol. The highest BCUT2D eigenvalue weighted by Gasteiger charge is 2.28. The zero-order valence-corrected chi connectivity index (χ0v) is 17.8. The highest BCUT2D eigenvalue weighted by molar-refractivity contribution is 7.95. The Kier molecular flexibility index (Phi) is 6.34. The first kappa shape index (κ1) is 20.8. The molecule has 2 aromatic carbocycles. The van der Waals surface area contributed by atoms with Crippen molar-refractivity contribution >= 4 is 10.4 Å². The van der Waals surface area contributed by atoms with Gasteiger partial charge in [-0.2, -0.15) is 0 Å². The number of sulfonamides is 1. The summed E-state index contributed by atoms with van der Waals surface area (Å²) in [5, 5.41) is 0. The van der Waals surface area contributed by atoms with Gasteiger partial charge in [-0.15, -0.1) is 4.72 Å². The predicted octanol–water partition coefficient (Wildman–Crippen LogP) is 3.61. The largest absolute Gasteiger partial charge is 0.593 e. The van der Waals surface area contributed by atoms with Gasteiger partial charge in [0.1, 0.15) is 6.33 Å². The standard InChI is InChI=1S/C23H26N4O2S/c1-18-4-10-23(11-5-18)30(28,29)26-22-3-2-12-27(16-22)15-19-6-8-20(9-7-19)21-13-24-17-25-14-21/h4-11,13-14,17,22H,2-3,12,15-16H2,1H3,(H-,26,28,29). The molecule has 0 saturated carbocycles. The van der Waals surface area contributed by atoms with E-state index >= 15 is 0 Å². The van der Waals surface area contributed by atoms with Crippen molar-refractivity contribution in [2.75, 3.05) is 13.1 Å². The molecule has 6 nitrogen and oxygen atoms in total. The highest BCUT2D eigenvalue weighted by Crippen LogP contribution is 2.21. The minimum atomic E-state index is -3.50. The molecule has 0 amide bonds. The van der Waals surface area contributed by atoms with Crippen molar-refractivity contribution in [1.82, 2.24) is 19.6 Å². The fourth-order valence-electron chi connectivity index (χ4n) is 3.81. The molecule has 1 aromatic heterocycles. The van der Waals surface area contributed by atoms with Crippen molar-refractivity contribution in [3.05, 3.63) is 78.4 Å². The number of piperidine rings is 1. The van der Waals surface area contributed by atoms with Crippen molar-refractivity contribution in [1.29, 1.82) is 0 Å². The Morgan fingerprint density at radius 1 is 1.07 bits per heavy atom. The van der Waals surface area contributed by atoms with Gasteiger partial charge in [0.15, 0.2) is 15.3 Å². The lowest BCUT2D eigenvalue weighted by atomic mass is 10.0. The quantitative estimate of drug-likeness (QED) is 0.614. The van der Waals surface area contributed by atoms with Gasteiger partial charge in [-0.3, -0.25) is 4.90 Å². The Labute approximate surface area is 178 Å². The number of hydrogen-bond donors (Lipinski definition) is 1. The van der Waals surface area contributed by atoms with E-state index in [1.807, 2.05) is 19.1 Å². The third-order valence-corrected chi connectivity index (χ3v) is 6.95. The molecule has 1 N–H and O–H groups in total. The zero-order chi connectivity index (χ0) is 21.0. The van der Waals surface area contributed by atoms with Gasteiger partial charge in [0, 0.05) is 31.0 Å². The molecule has 2 heterocycles. The van der Waals surface area contributed by atoms with Crippen molar-refractivity contribution in [3.63, 3.8) is 0 Å². The average Bonchev–Trinajstić information content (AvgIpc) is 2.75. The van der Waals surface area contributed by atoms with Crippen LogP contribution in [0.3, 0.4) is 0 Å². The van der Waals surface area contributed by atoms with E-state index < -0.39 is 10.4 Å². The van der Waals surface area contributed by atoms with Gasteiger partial charge in [-0.25, -0.2) is 9.97 Å². The third-order valence-electron chi connectivity index (χ3n) is 5.41. The molecule has 1 saturated heterocycles. The van der Waals surface area contributed by atoms with E-state index in [4.69, 9.17) is 0 Å². The SMILES string of the molecule is Cc1ccc([S+](=O)([O-])NC2CCCN(Cc3ccc(-c4cncnc4)cc3)C2)cc1. The molecule has 4 rings (SSSR count). The number of likely N-dealkylation sites (tertiary alicyclic amines) is 1. The summed E-state index contributed by atoms with van der Waals surface area (Å²) in [6.07, 6.45) is 6.96. The maximum Gasteiger partial charge on any atom is 0.175 e. The lowest BCUT2D eigenvalue weighted by Crippen LogP contribution is -2.49. The van der Waals surface area contributed by atoms with Gasteiger partial charge in [-0.1, -0.05) is 46.2 Å². The van der Waals surface area contributed by atoms with Gasteiger partial charge in [0.25, 0.3) is 0 Å². The van der Waals surface area contributed by atoms with Crippen LogP contribution in [0.2, 0.25) is 0 Å². The first-order valence-corrected chi connectivity index (χ1v) is 11.6. The van der Waals surface area contributed by atoms with E-state index in [-0.39, 0.29) is 6.04 Å². The summed E-state index contributed by atoms with van der Waals surface area (Å²) in [5.74, 6) is 0. The van der Waals surface area contributed by atoms with Crippen molar-refractivity contribution in [2.45, 2.75) is 37.2 Å². The van der Waals surface area contributed by atoms with Crippen LogP contribution in [0.4, 0.5) is 0 Å². The summed E-state index contributed by atoms with van der Waals surface area (Å²) < 4.78 is 28.3. The van der Waals surface area contributed by atoms with Gasteiger partial charge in [0.05, 0.1) is 6.04 Å². The first-order valence-electron chi connectivity index (χ1n) is 10.2. The number of aromatic nitrogens is 2. The second-order valence-electron chi connectivity index (χ2n) is 7.83. The second-order valence-corrected chi connectivity index (χ2v) is 9.55. The monoisotopic (exact) mass is 422 g/mol. The number of rotatable bonds is 6. The molecule has 0 spiro atoms. The Morgan fingerprint density at radius 3 is 2.47 bits per heavy atom. The lowest BCUT2D eigenvalue weighted by molar-refractivity contribution is 0.193. The minimum Gasteiger partial charge on any atom is -0.593 e. The Bertz CT molecular complexity index is 1010. The zero-order valence-electron chi connectivity index (χ0n) is 17.0. The first-order chi connectivity index (χ1) is 14.5. The summed E-state index contributed by atoms with van der Waals surface area (Å²) in [5.41, 5.74) is 4.33. The van der Waals surface area contributed by atoms with Crippen LogP contribution in [-0.2, 0) is 21.2 Å². The summed E-state index contributed by atoms with van der Waals surface area (Å²) >= 11 is 0. The molecule has 2 unspecified atom stereocenters. The van der Waals surface area contributed by atoms with Crippen molar-refractivity contribution in [2.24, 2.45) is 0 Å². The summed E-state index contributed by atoms with van der Waals surface area (Å²) in [7, 11) is -3.50. The van der Waals surface area contributed by atoms with E-state index in [9.17, 15) is 8.76 Å². The summed E-state index contributed by atoms with van der Waals surface area (Å²) in [4.78, 5) is 10.8. The number of nitrogens with one attached hydrogen (secondary N) is 1. The topological polar surface area (TPSA) is 81.2 Å². The maximum absolute atomic E-state index is 12.7. The number of nitrogens with zero attached hydrogens (tertiary/aromatic N) is 3. The maximum atomic E-state index is 12.7. The molecular formula is C23H26N4O2S. The number of hydrogen-bond acceptors (Lipinski definition) is 5. The molecule has 3 aromatic rings. The summed E-state index contributed by atoms with van der Waals surface area (Å²) in [6.45, 7) is 4.42. The van der Waals surface area contributed by atoms with Crippen LogP contribution in [0.25, 0.3) is 11.1 Å². The normalized spacial score (nSPS) is 19.3. The van der Waals surface area contributed by atoms with Crippen LogP contribution < -0.4 is 4.72 Å². The Morgan fingerprint density at radius 2 is 1.77 bits per heavy atom. The van der Waals surface area contributed by atoms with Crippen LogP contribution in [0, 0.1) is 6.92 Å². The minimum absolute atomic E-state index is 0.0780. The Hall–Kier alpha value is -2.45. The van der Waals surface area contributed by atoms with E-state index in [0.29, 0.717) is 11.4 Å². The molecule has 30 heavy (non-hydrogen) atoms. The molecule has 1 aliphatic rings. The molecule has 0 aliphatic carbocycles. The molecule has 7 heteroatoms. The molecule has 2 atom stereocenters. The highest BCUT2D eigenvalue weighted by atomic mass is 32.3. The fourth-order valence-corrected chi connectivity index (χ4v) is 5.07. The number of aryl methyl sites for hydroxylation is 1. The van der Waals surface area contributed by atoms with Gasteiger partial charge >= 0.3 is 0 Å². The molecule has 1 aliphatic heterocycles. The van der Waals surface area contributed by atoms with Crippen LogP contribution >= 0.6 is 0 Å². The molecular weight excluding hydrogens is 396 g/mol. The summed E-state index contributed by atoms with van der Waals surface area (Å²) in [6, 6.07) is 15.3. The third kappa shape index (κ3) is 5.17. The van der Waals surface area contributed by atoms with Crippen molar-refractivity contribution in [3.8, 4) is 11.1 Å². The van der Waals surface area contributed by atoms with Crippen LogP contribution in [0.15, 0.2) is 72.1 Å². The van der Waals surface area contributed by atoms with Crippen LogP contribution in [0.1, 0.15) is 24.0 Å². The lowest BCUT2D eigenvalue weighted by Gasteiger charge is -2.33. The van der Waals surface area contributed by atoms with Crippen LogP contribution in [-0.4, -0.2) is 38.6 Å². The average molecular weight is 423 g/mol. The number of benzene rings is 2. The smallest absolute Gasteiger partial charge is 0.175 e. The van der Waals surface area contributed by atoms with Crippen LogP contribution in [0.5, 0.6) is 0 Å². The van der Waals surface area contributed by atoms with E-state index in [2.05, 4.69) is 43.9 Å². The van der Waals surface area contributed by atoms with Gasteiger partial charge in [0.2, 0.25) is 0 Å². The van der Waals surface area contributed by atoms with Gasteiger partial charge in [-0.05, 0) is 49.6 Å². The molecule has 156 valence electrons. The van der Waals surface area contributed by atoms with Crippen molar-refractivity contribution < 1.29 is 8.76 Å². The Balaban J connectivity index is 1.37.